The van der Waals surface area contributed by atoms with Crippen LogP contribution in [0.2, 0.25) is 0 Å². The van der Waals surface area contributed by atoms with Crippen LogP contribution < -0.4 is 11.3 Å². The van der Waals surface area contributed by atoms with Crippen LogP contribution in [-0.2, 0) is 17.8 Å². The zero-order valence-electron chi connectivity index (χ0n) is 9.16. The summed E-state index contributed by atoms with van der Waals surface area (Å²) in [4.78, 5) is 13.2. The molecule has 0 saturated heterocycles. The van der Waals surface area contributed by atoms with E-state index in [0.29, 0.717) is 6.42 Å². The van der Waals surface area contributed by atoms with Gasteiger partial charge in [0.25, 0.3) is 0 Å². The third kappa shape index (κ3) is 3.69. The van der Waals surface area contributed by atoms with E-state index in [-0.39, 0.29) is 5.91 Å². The first-order valence-corrected chi connectivity index (χ1v) is 4.84. The third-order valence-electron chi connectivity index (χ3n) is 2.12. The Balaban J connectivity index is 2.81. The summed E-state index contributed by atoms with van der Waals surface area (Å²) >= 11 is 0. The first-order chi connectivity index (χ1) is 7.13. The molecular weight excluding hydrogens is 190 g/mol. The van der Waals surface area contributed by atoms with Crippen molar-refractivity contribution >= 4 is 5.91 Å². The monoisotopic (exact) mass is 207 g/mol. The Morgan fingerprint density at radius 2 is 1.93 bits per heavy atom. The summed E-state index contributed by atoms with van der Waals surface area (Å²) in [5.41, 5.74) is 4.32. The van der Waals surface area contributed by atoms with Gasteiger partial charge in [-0.3, -0.25) is 10.2 Å². The molecule has 4 nitrogen and oxygen atoms in total. The highest BCUT2D eigenvalue weighted by molar-refractivity contribution is 5.78. The fourth-order valence-electron chi connectivity index (χ4n) is 1.45. The van der Waals surface area contributed by atoms with Crippen LogP contribution in [0.25, 0.3) is 0 Å². The van der Waals surface area contributed by atoms with Crippen molar-refractivity contribution in [1.82, 2.24) is 10.3 Å². The summed E-state index contributed by atoms with van der Waals surface area (Å²) in [6, 6.07) is 7.88. The van der Waals surface area contributed by atoms with E-state index < -0.39 is 0 Å². The minimum Gasteiger partial charge on any atom is -0.305 e. The molecule has 3 N–H and O–H groups in total. The van der Waals surface area contributed by atoms with Crippen LogP contribution in [0.5, 0.6) is 0 Å². The molecule has 1 aromatic carbocycles. The first-order valence-electron chi connectivity index (χ1n) is 4.84. The quantitative estimate of drug-likeness (QED) is 0.423. The highest BCUT2D eigenvalue weighted by Crippen LogP contribution is 2.11. The standard InChI is InChI=1S/C11H17N3O/c1-14(2)8-10-6-4-3-5-9(10)7-11(15)13-12/h3-6H,7-8,12H2,1-2H3,(H,13,15). The smallest absolute Gasteiger partial charge is 0.238 e. The molecule has 0 radical (unpaired) electrons. The van der Waals surface area contributed by atoms with E-state index in [1.807, 2.05) is 38.4 Å². The fourth-order valence-corrected chi connectivity index (χ4v) is 1.45. The van der Waals surface area contributed by atoms with Crippen molar-refractivity contribution in [2.75, 3.05) is 14.1 Å². The Morgan fingerprint density at radius 1 is 1.33 bits per heavy atom. The zero-order chi connectivity index (χ0) is 11.3. The lowest BCUT2D eigenvalue weighted by atomic mass is 10.0. The van der Waals surface area contributed by atoms with Gasteiger partial charge in [0.1, 0.15) is 0 Å². The van der Waals surface area contributed by atoms with Crippen molar-refractivity contribution in [3.63, 3.8) is 0 Å². The van der Waals surface area contributed by atoms with Crippen LogP contribution in [0.15, 0.2) is 24.3 Å². The highest BCUT2D eigenvalue weighted by Gasteiger charge is 2.06. The molecule has 1 amide bonds. The normalized spacial score (nSPS) is 10.4. The molecule has 15 heavy (non-hydrogen) atoms. The van der Waals surface area contributed by atoms with Crippen LogP contribution in [0, 0.1) is 0 Å². The number of nitrogens with one attached hydrogen (secondary N) is 1. The van der Waals surface area contributed by atoms with Gasteiger partial charge in [0.2, 0.25) is 5.91 Å². The van der Waals surface area contributed by atoms with Crippen molar-refractivity contribution < 1.29 is 4.79 Å². The molecule has 0 aliphatic carbocycles. The Labute approximate surface area is 90.0 Å². The Morgan fingerprint density at radius 3 is 2.47 bits per heavy atom. The van der Waals surface area contributed by atoms with Gasteiger partial charge in [0, 0.05) is 6.54 Å². The average molecular weight is 207 g/mol. The van der Waals surface area contributed by atoms with Crippen molar-refractivity contribution in [2.45, 2.75) is 13.0 Å². The minimum atomic E-state index is -0.166. The molecule has 0 heterocycles. The van der Waals surface area contributed by atoms with Crippen molar-refractivity contribution in [1.29, 1.82) is 0 Å². The number of benzene rings is 1. The fraction of sp³-hybridized carbons (Fsp3) is 0.364. The summed E-state index contributed by atoms with van der Waals surface area (Å²) in [5, 5.41) is 0. The maximum Gasteiger partial charge on any atom is 0.238 e. The molecule has 0 fully saturated rings. The van der Waals surface area contributed by atoms with Gasteiger partial charge in [0.05, 0.1) is 6.42 Å². The van der Waals surface area contributed by atoms with Gasteiger partial charge in [-0.2, -0.15) is 0 Å². The predicted molar refractivity (Wildman–Crippen MR) is 59.9 cm³/mol. The van der Waals surface area contributed by atoms with Crippen LogP contribution in [0.3, 0.4) is 0 Å². The molecule has 82 valence electrons. The molecule has 0 aromatic heterocycles. The Kier molecular flexibility index (Phi) is 4.27. The van der Waals surface area contributed by atoms with Gasteiger partial charge in [-0.1, -0.05) is 24.3 Å². The summed E-state index contributed by atoms with van der Waals surface area (Å²) in [7, 11) is 4.00. The SMILES string of the molecule is CN(C)Cc1ccccc1CC(=O)NN. The van der Waals surface area contributed by atoms with E-state index in [2.05, 4.69) is 10.3 Å². The van der Waals surface area contributed by atoms with Gasteiger partial charge in [-0.05, 0) is 25.2 Å². The molecule has 0 saturated carbocycles. The maximum absolute atomic E-state index is 11.2. The van der Waals surface area contributed by atoms with E-state index in [9.17, 15) is 4.79 Å². The molecular formula is C11H17N3O. The molecule has 1 rings (SSSR count). The lowest BCUT2D eigenvalue weighted by Gasteiger charge is -2.13. The van der Waals surface area contributed by atoms with Gasteiger partial charge in [-0.15, -0.1) is 0 Å². The number of amides is 1. The second kappa shape index (κ2) is 5.48. The van der Waals surface area contributed by atoms with E-state index in [1.54, 1.807) is 0 Å². The molecule has 4 heteroatoms. The Bertz CT molecular complexity index is 336. The lowest BCUT2D eigenvalue weighted by molar-refractivity contribution is -0.120. The molecule has 0 unspecified atom stereocenters. The number of carbonyl (C=O) groups is 1. The topological polar surface area (TPSA) is 58.4 Å². The van der Waals surface area contributed by atoms with Crippen LogP contribution in [0.1, 0.15) is 11.1 Å². The zero-order valence-corrected chi connectivity index (χ0v) is 9.16. The van der Waals surface area contributed by atoms with E-state index in [0.717, 1.165) is 17.7 Å². The molecule has 1 aromatic rings. The van der Waals surface area contributed by atoms with Crippen LogP contribution >= 0.6 is 0 Å². The third-order valence-corrected chi connectivity index (χ3v) is 2.12. The highest BCUT2D eigenvalue weighted by atomic mass is 16.2. The largest absolute Gasteiger partial charge is 0.305 e. The van der Waals surface area contributed by atoms with Crippen molar-refractivity contribution in [3.8, 4) is 0 Å². The number of nitrogens with two attached hydrogens (primary N) is 1. The number of nitrogens with zero attached hydrogens (tertiary/aromatic N) is 1. The number of carbonyl (C=O) groups excluding carboxylic acids is 1. The van der Waals surface area contributed by atoms with Crippen molar-refractivity contribution in [3.05, 3.63) is 35.4 Å². The van der Waals surface area contributed by atoms with E-state index >= 15 is 0 Å². The molecule has 0 bridgehead atoms. The predicted octanol–water partition coefficient (Wildman–Crippen LogP) is 0.281. The van der Waals surface area contributed by atoms with Gasteiger partial charge in [-0.25, -0.2) is 5.84 Å². The summed E-state index contributed by atoms with van der Waals surface area (Å²) in [6.07, 6.45) is 0.334. The van der Waals surface area contributed by atoms with Gasteiger partial charge < -0.3 is 4.90 Å². The summed E-state index contributed by atoms with van der Waals surface area (Å²) in [6.45, 7) is 0.827. The average Bonchev–Trinajstić information content (AvgIpc) is 2.20. The number of hydrogen-bond donors (Lipinski definition) is 2. The molecule has 0 aliphatic rings. The maximum atomic E-state index is 11.2. The first kappa shape index (κ1) is 11.7. The van der Waals surface area contributed by atoms with Gasteiger partial charge >= 0.3 is 0 Å². The number of hydrazine groups is 1. The summed E-state index contributed by atoms with van der Waals surface area (Å²) in [5.74, 6) is 4.90. The minimum absolute atomic E-state index is 0.166. The number of hydrogen-bond acceptors (Lipinski definition) is 3. The molecule has 0 spiro atoms. The summed E-state index contributed by atoms with van der Waals surface area (Å²) < 4.78 is 0. The molecule has 0 atom stereocenters. The van der Waals surface area contributed by atoms with Crippen molar-refractivity contribution in [2.24, 2.45) is 5.84 Å². The lowest BCUT2D eigenvalue weighted by Crippen LogP contribution is -2.31. The van der Waals surface area contributed by atoms with Gasteiger partial charge in [0.15, 0.2) is 0 Å². The van der Waals surface area contributed by atoms with E-state index in [1.165, 1.54) is 0 Å². The molecule has 0 aliphatic heterocycles. The Hall–Kier alpha value is -1.39. The van der Waals surface area contributed by atoms with Crippen LogP contribution in [-0.4, -0.2) is 24.9 Å². The van der Waals surface area contributed by atoms with Crippen LogP contribution in [0.4, 0.5) is 0 Å². The number of rotatable bonds is 4. The second-order valence-corrected chi connectivity index (χ2v) is 3.75. The van der Waals surface area contributed by atoms with E-state index in [4.69, 9.17) is 5.84 Å². The second-order valence-electron chi connectivity index (χ2n) is 3.75.